The Bertz CT molecular complexity index is 880. The van der Waals surface area contributed by atoms with Crippen LogP contribution < -0.4 is 16.0 Å². The van der Waals surface area contributed by atoms with Crippen LogP contribution >= 0.6 is 0 Å². The number of fused-ring (bicyclic) bond motifs is 1. The second kappa shape index (κ2) is 7.76. The van der Waals surface area contributed by atoms with Crippen molar-refractivity contribution in [2.24, 2.45) is 0 Å². The molecule has 1 spiro atoms. The van der Waals surface area contributed by atoms with Crippen LogP contribution in [0.1, 0.15) is 53.6 Å². The van der Waals surface area contributed by atoms with Gasteiger partial charge in [-0.3, -0.25) is 19.7 Å². The van der Waals surface area contributed by atoms with Gasteiger partial charge in [0.25, 0.3) is 5.91 Å². The Morgan fingerprint density at radius 1 is 1.17 bits per heavy atom. The van der Waals surface area contributed by atoms with E-state index in [0.717, 1.165) is 50.1 Å². The van der Waals surface area contributed by atoms with Crippen molar-refractivity contribution in [1.82, 2.24) is 20.9 Å². The van der Waals surface area contributed by atoms with Gasteiger partial charge in [-0.05, 0) is 56.0 Å². The van der Waals surface area contributed by atoms with Gasteiger partial charge in [-0.1, -0.05) is 12.1 Å². The number of benzene rings is 1. The average molecular weight is 412 g/mol. The van der Waals surface area contributed by atoms with Crippen LogP contribution in [-0.2, 0) is 27.4 Å². The summed E-state index contributed by atoms with van der Waals surface area (Å²) in [5, 5.41) is 9.42. The molecule has 2 unspecified atom stereocenters. The van der Waals surface area contributed by atoms with Gasteiger partial charge in [0.1, 0.15) is 6.04 Å². The molecule has 3 N–H and O–H groups in total. The van der Waals surface area contributed by atoms with E-state index in [0.29, 0.717) is 31.1 Å². The van der Waals surface area contributed by atoms with E-state index in [-0.39, 0.29) is 29.7 Å². The third kappa shape index (κ3) is 3.42. The van der Waals surface area contributed by atoms with E-state index in [4.69, 9.17) is 4.74 Å². The highest BCUT2D eigenvalue weighted by Crippen LogP contribution is 2.34. The fourth-order valence-corrected chi connectivity index (χ4v) is 5.33. The molecule has 3 amide bonds. The van der Waals surface area contributed by atoms with Crippen LogP contribution in [0, 0.1) is 0 Å². The van der Waals surface area contributed by atoms with E-state index in [1.807, 2.05) is 12.1 Å². The number of amides is 3. The summed E-state index contributed by atoms with van der Waals surface area (Å²) in [7, 11) is 0. The molecule has 30 heavy (non-hydrogen) atoms. The Morgan fingerprint density at radius 3 is 2.80 bits per heavy atom. The van der Waals surface area contributed by atoms with Crippen LogP contribution in [0.4, 0.5) is 0 Å². The first-order chi connectivity index (χ1) is 14.6. The van der Waals surface area contributed by atoms with Crippen molar-refractivity contribution in [3.63, 3.8) is 0 Å². The smallest absolute Gasteiger partial charge is 0.255 e. The van der Waals surface area contributed by atoms with Crippen molar-refractivity contribution in [2.45, 2.75) is 62.9 Å². The van der Waals surface area contributed by atoms with Crippen LogP contribution in [0.3, 0.4) is 0 Å². The van der Waals surface area contributed by atoms with Gasteiger partial charge in [-0.15, -0.1) is 0 Å². The van der Waals surface area contributed by atoms with Gasteiger partial charge in [0.2, 0.25) is 11.8 Å². The van der Waals surface area contributed by atoms with E-state index in [1.165, 1.54) is 0 Å². The number of hydrogen-bond donors (Lipinski definition) is 3. The van der Waals surface area contributed by atoms with Gasteiger partial charge >= 0.3 is 0 Å². The summed E-state index contributed by atoms with van der Waals surface area (Å²) in [6, 6.07) is 5.74. The lowest BCUT2D eigenvalue weighted by Crippen LogP contribution is -2.53. The summed E-state index contributed by atoms with van der Waals surface area (Å²) in [6.07, 6.45) is 3.71. The first kappa shape index (κ1) is 19.7. The number of carbonyl (C=O) groups is 3. The zero-order valence-electron chi connectivity index (χ0n) is 17.0. The summed E-state index contributed by atoms with van der Waals surface area (Å²) in [4.78, 5) is 38.2. The van der Waals surface area contributed by atoms with Gasteiger partial charge in [-0.2, -0.15) is 0 Å². The highest BCUT2D eigenvalue weighted by molar-refractivity contribution is 6.05. The maximum atomic E-state index is 13.0. The van der Waals surface area contributed by atoms with Crippen LogP contribution in [0.25, 0.3) is 0 Å². The zero-order chi connectivity index (χ0) is 20.7. The molecule has 2 atom stereocenters. The third-order valence-corrected chi connectivity index (χ3v) is 7.03. The number of rotatable bonds is 4. The standard InChI is InChI=1S/C22H28N4O4/c27-19-4-3-17(20(28)25-19)26-13-15-2-1-14(11-16(15)21(26)29)12-24-18-5-10-30-22(18)6-8-23-9-7-22/h1-2,11,17-18,23-24H,3-10,12-13H2,(H,25,27,28). The number of piperidine rings is 2. The van der Waals surface area contributed by atoms with E-state index >= 15 is 0 Å². The zero-order valence-corrected chi connectivity index (χ0v) is 17.0. The monoisotopic (exact) mass is 412 g/mol. The van der Waals surface area contributed by atoms with E-state index in [9.17, 15) is 14.4 Å². The molecule has 8 nitrogen and oxygen atoms in total. The second-order valence-electron chi connectivity index (χ2n) is 8.78. The highest BCUT2D eigenvalue weighted by Gasteiger charge is 2.44. The molecule has 160 valence electrons. The quantitative estimate of drug-likeness (QED) is 0.621. The fraction of sp³-hybridized carbons (Fsp3) is 0.591. The molecular formula is C22H28N4O4. The summed E-state index contributed by atoms with van der Waals surface area (Å²) in [5.41, 5.74) is 2.59. The van der Waals surface area contributed by atoms with E-state index in [2.05, 4.69) is 22.0 Å². The lowest BCUT2D eigenvalue weighted by Gasteiger charge is -2.38. The van der Waals surface area contributed by atoms with Gasteiger partial charge in [0.15, 0.2) is 0 Å². The van der Waals surface area contributed by atoms with Crippen molar-refractivity contribution < 1.29 is 19.1 Å². The lowest BCUT2D eigenvalue weighted by molar-refractivity contribution is -0.136. The minimum Gasteiger partial charge on any atom is -0.373 e. The molecule has 0 saturated carbocycles. The fourth-order valence-electron chi connectivity index (χ4n) is 5.33. The Morgan fingerprint density at radius 2 is 2.00 bits per heavy atom. The maximum Gasteiger partial charge on any atom is 0.255 e. The molecule has 0 aromatic heterocycles. The molecule has 0 radical (unpaired) electrons. The minimum absolute atomic E-state index is 0.0691. The molecule has 5 rings (SSSR count). The summed E-state index contributed by atoms with van der Waals surface area (Å²) in [5.74, 6) is -0.764. The summed E-state index contributed by atoms with van der Waals surface area (Å²) >= 11 is 0. The molecular weight excluding hydrogens is 384 g/mol. The molecule has 0 bridgehead atoms. The Hall–Kier alpha value is -2.29. The summed E-state index contributed by atoms with van der Waals surface area (Å²) < 4.78 is 6.15. The highest BCUT2D eigenvalue weighted by atomic mass is 16.5. The molecule has 4 aliphatic heterocycles. The minimum atomic E-state index is -0.570. The second-order valence-corrected chi connectivity index (χ2v) is 8.78. The third-order valence-electron chi connectivity index (χ3n) is 7.03. The van der Waals surface area contributed by atoms with Crippen LogP contribution in [-0.4, -0.2) is 60.0 Å². The van der Waals surface area contributed by atoms with Crippen molar-refractivity contribution in [3.8, 4) is 0 Å². The Balaban J connectivity index is 1.26. The number of nitrogens with zero attached hydrogens (tertiary/aromatic N) is 1. The van der Waals surface area contributed by atoms with Crippen LogP contribution in [0.5, 0.6) is 0 Å². The topological polar surface area (TPSA) is 99.8 Å². The molecule has 3 saturated heterocycles. The van der Waals surface area contributed by atoms with Crippen LogP contribution in [0.15, 0.2) is 18.2 Å². The molecule has 1 aromatic carbocycles. The maximum absolute atomic E-state index is 13.0. The summed E-state index contributed by atoms with van der Waals surface area (Å²) in [6.45, 7) is 3.87. The molecule has 3 fully saturated rings. The van der Waals surface area contributed by atoms with Gasteiger partial charge < -0.3 is 20.3 Å². The number of ether oxygens (including phenoxy) is 1. The van der Waals surface area contributed by atoms with Crippen LogP contribution in [0.2, 0.25) is 0 Å². The molecule has 8 heteroatoms. The SMILES string of the molecule is O=C1CCC(N2Cc3ccc(CNC4CCOC45CCNCC5)cc3C2=O)C(=O)N1. The lowest BCUT2D eigenvalue weighted by atomic mass is 9.85. The van der Waals surface area contributed by atoms with Crippen molar-refractivity contribution in [3.05, 3.63) is 34.9 Å². The number of hydrogen-bond acceptors (Lipinski definition) is 6. The number of imide groups is 1. The Kier molecular flexibility index (Phi) is 5.08. The van der Waals surface area contributed by atoms with Gasteiger partial charge in [-0.25, -0.2) is 0 Å². The van der Waals surface area contributed by atoms with E-state index < -0.39 is 6.04 Å². The molecule has 4 aliphatic rings. The van der Waals surface area contributed by atoms with E-state index in [1.54, 1.807) is 4.90 Å². The predicted molar refractivity (Wildman–Crippen MR) is 109 cm³/mol. The van der Waals surface area contributed by atoms with Gasteiger partial charge in [0.05, 0.1) is 5.60 Å². The van der Waals surface area contributed by atoms with Crippen molar-refractivity contribution in [2.75, 3.05) is 19.7 Å². The average Bonchev–Trinajstić information content (AvgIpc) is 3.28. The first-order valence-electron chi connectivity index (χ1n) is 10.9. The number of nitrogens with one attached hydrogen (secondary N) is 3. The first-order valence-corrected chi connectivity index (χ1v) is 10.9. The van der Waals surface area contributed by atoms with Gasteiger partial charge in [0, 0.05) is 37.7 Å². The molecule has 4 heterocycles. The predicted octanol–water partition coefficient (Wildman–Crippen LogP) is 0.448. The molecule has 1 aromatic rings. The molecule has 0 aliphatic carbocycles. The largest absolute Gasteiger partial charge is 0.373 e. The van der Waals surface area contributed by atoms with Crippen molar-refractivity contribution >= 4 is 17.7 Å². The normalized spacial score (nSPS) is 28.1. The Labute approximate surface area is 175 Å². The van der Waals surface area contributed by atoms with Crippen molar-refractivity contribution in [1.29, 1.82) is 0 Å². The number of carbonyl (C=O) groups excluding carboxylic acids is 3.